The summed E-state index contributed by atoms with van der Waals surface area (Å²) in [4.78, 5) is 17.7. The van der Waals surface area contributed by atoms with Crippen molar-refractivity contribution >= 4 is 6.29 Å². The number of aromatic nitrogens is 1. The van der Waals surface area contributed by atoms with Gasteiger partial charge in [0.2, 0.25) is 5.89 Å². The number of carbonyl (C=O) groups excluding carboxylic acids is 1. The molecular weight excluding hydrogens is 264 g/mol. The van der Waals surface area contributed by atoms with E-state index in [1.807, 2.05) is 12.1 Å². The summed E-state index contributed by atoms with van der Waals surface area (Å²) >= 11 is 0. The van der Waals surface area contributed by atoms with E-state index in [9.17, 15) is 4.79 Å². The highest BCUT2D eigenvalue weighted by molar-refractivity contribution is 5.54. The molecule has 21 heavy (non-hydrogen) atoms. The van der Waals surface area contributed by atoms with E-state index in [4.69, 9.17) is 4.42 Å². The number of hydrogen-bond acceptors (Lipinski definition) is 4. The quantitative estimate of drug-likeness (QED) is 0.810. The number of likely N-dealkylation sites (tertiary alicyclic amines) is 1. The number of oxazole rings is 1. The molecule has 0 spiro atoms. The van der Waals surface area contributed by atoms with Gasteiger partial charge in [-0.3, -0.25) is 4.90 Å². The molecule has 0 bridgehead atoms. The van der Waals surface area contributed by atoms with Crippen molar-refractivity contribution in [2.24, 2.45) is 5.92 Å². The maximum atomic E-state index is 10.9. The van der Waals surface area contributed by atoms with E-state index in [-0.39, 0.29) is 5.92 Å². The molecule has 0 aliphatic carbocycles. The third kappa shape index (κ3) is 3.39. The van der Waals surface area contributed by atoms with Crippen molar-refractivity contribution in [3.8, 4) is 11.5 Å². The molecule has 110 valence electrons. The van der Waals surface area contributed by atoms with Gasteiger partial charge < -0.3 is 9.21 Å². The van der Waals surface area contributed by atoms with E-state index in [0.717, 1.165) is 50.0 Å². The fraction of sp³-hybridized carbons (Fsp3) is 0.412. The molecule has 0 radical (unpaired) electrons. The third-order valence-electron chi connectivity index (χ3n) is 3.97. The molecule has 4 nitrogen and oxygen atoms in total. The molecule has 2 aromatic rings. The molecule has 1 aromatic heterocycles. The van der Waals surface area contributed by atoms with Gasteiger partial charge in [-0.2, -0.15) is 0 Å². The highest BCUT2D eigenvalue weighted by atomic mass is 16.3. The fourth-order valence-electron chi connectivity index (χ4n) is 2.78. The molecule has 0 saturated carbocycles. The minimum absolute atomic E-state index is 0.169. The number of nitrogens with zero attached hydrogens (tertiary/aromatic N) is 2. The smallest absolute Gasteiger partial charge is 0.226 e. The Morgan fingerprint density at radius 2 is 2.19 bits per heavy atom. The number of benzene rings is 1. The standard InChI is InChI=1S/C17H20N2O2/c1-13-4-6-15(7-5-13)17-18-16(12-21-17)10-19-8-2-3-14(9-19)11-20/h4-7,11-12,14H,2-3,8-10H2,1H3. The van der Waals surface area contributed by atoms with Crippen LogP contribution in [0.15, 0.2) is 34.9 Å². The second kappa shape index (κ2) is 6.22. The van der Waals surface area contributed by atoms with Gasteiger partial charge in [0, 0.05) is 24.6 Å². The van der Waals surface area contributed by atoms with Crippen molar-refractivity contribution in [3.05, 3.63) is 41.8 Å². The Morgan fingerprint density at radius 1 is 1.38 bits per heavy atom. The van der Waals surface area contributed by atoms with Crippen LogP contribution in [0.4, 0.5) is 0 Å². The average Bonchev–Trinajstić information content (AvgIpc) is 2.96. The maximum Gasteiger partial charge on any atom is 0.226 e. The van der Waals surface area contributed by atoms with Crippen molar-refractivity contribution in [2.45, 2.75) is 26.3 Å². The number of aryl methyl sites for hydroxylation is 1. The van der Waals surface area contributed by atoms with Crippen LogP contribution in [0.5, 0.6) is 0 Å². The molecule has 3 rings (SSSR count). The van der Waals surface area contributed by atoms with Crippen LogP contribution in [0.2, 0.25) is 0 Å². The Morgan fingerprint density at radius 3 is 2.95 bits per heavy atom. The van der Waals surface area contributed by atoms with Crippen molar-refractivity contribution < 1.29 is 9.21 Å². The van der Waals surface area contributed by atoms with Crippen molar-refractivity contribution in [1.82, 2.24) is 9.88 Å². The molecular formula is C17H20N2O2. The van der Waals surface area contributed by atoms with E-state index in [2.05, 4.69) is 28.9 Å². The number of aldehydes is 1. The van der Waals surface area contributed by atoms with Crippen LogP contribution in [-0.4, -0.2) is 29.3 Å². The molecule has 1 aromatic carbocycles. The number of hydrogen-bond donors (Lipinski definition) is 0. The van der Waals surface area contributed by atoms with Crippen molar-refractivity contribution in [1.29, 1.82) is 0 Å². The summed E-state index contributed by atoms with van der Waals surface area (Å²) < 4.78 is 5.58. The topological polar surface area (TPSA) is 46.3 Å². The third-order valence-corrected chi connectivity index (χ3v) is 3.97. The Kier molecular flexibility index (Phi) is 4.15. The van der Waals surface area contributed by atoms with Crippen LogP contribution in [0.1, 0.15) is 24.1 Å². The minimum atomic E-state index is 0.169. The van der Waals surface area contributed by atoms with Gasteiger partial charge >= 0.3 is 0 Å². The Balaban J connectivity index is 1.67. The zero-order chi connectivity index (χ0) is 14.7. The number of carbonyl (C=O) groups is 1. The van der Waals surface area contributed by atoms with Crippen LogP contribution in [0.25, 0.3) is 11.5 Å². The SMILES string of the molecule is Cc1ccc(-c2nc(CN3CCCC(C=O)C3)co2)cc1. The van der Waals surface area contributed by atoms with Gasteiger partial charge in [-0.05, 0) is 38.4 Å². The lowest BCUT2D eigenvalue weighted by molar-refractivity contribution is -0.112. The molecule has 4 heteroatoms. The number of rotatable bonds is 4. The van der Waals surface area contributed by atoms with Gasteiger partial charge in [-0.25, -0.2) is 4.98 Å². The zero-order valence-corrected chi connectivity index (χ0v) is 12.3. The van der Waals surface area contributed by atoms with Gasteiger partial charge in [0.05, 0.1) is 5.69 Å². The normalized spacial score (nSPS) is 19.6. The van der Waals surface area contributed by atoms with Crippen LogP contribution in [0, 0.1) is 12.8 Å². The van der Waals surface area contributed by atoms with Gasteiger partial charge in [0.1, 0.15) is 12.5 Å². The van der Waals surface area contributed by atoms with Crippen molar-refractivity contribution in [3.63, 3.8) is 0 Å². The van der Waals surface area contributed by atoms with E-state index < -0.39 is 0 Å². The van der Waals surface area contributed by atoms with Crippen LogP contribution >= 0.6 is 0 Å². The summed E-state index contributed by atoms with van der Waals surface area (Å²) in [6, 6.07) is 8.15. The molecule has 1 unspecified atom stereocenters. The maximum absolute atomic E-state index is 10.9. The van der Waals surface area contributed by atoms with E-state index in [0.29, 0.717) is 5.89 Å². The molecule has 0 amide bonds. The summed E-state index contributed by atoms with van der Waals surface area (Å²) in [5, 5.41) is 0. The lowest BCUT2D eigenvalue weighted by atomic mass is 10.00. The first-order valence-electron chi connectivity index (χ1n) is 7.43. The first-order chi connectivity index (χ1) is 10.2. The lowest BCUT2D eigenvalue weighted by Crippen LogP contribution is -2.35. The van der Waals surface area contributed by atoms with Gasteiger partial charge in [-0.15, -0.1) is 0 Å². The summed E-state index contributed by atoms with van der Waals surface area (Å²) in [5.41, 5.74) is 3.15. The summed E-state index contributed by atoms with van der Waals surface area (Å²) in [6.07, 6.45) is 4.88. The molecule has 1 atom stereocenters. The Hall–Kier alpha value is -1.94. The molecule has 1 aliphatic rings. The Bertz CT molecular complexity index is 604. The highest BCUT2D eigenvalue weighted by Crippen LogP contribution is 2.21. The highest BCUT2D eigenvalue weighted by Gasteiger charge is 2.20. The second-order valence-electron chi connectivity index (χ2n) is 5.78. The predicted molar refractivity (Wildman–Crippen MR) is 80.7 cm³/mol. The van der Waals surface area contributed by atoms with Crippen LogP contribution < -0.4 is 0 Å². The second-order valence-corrected chi connectivity index (χ2v) is 5.78. The monoisotopic (exact) mass is 284 g/mol. The lowest BCUT2D eigenvalue weighted by Gasteiger charge is -2.29. The van der Waals surface area contributed by atoms with Crippen LogP contribution in [0.3, 0.4) is 0 Å². The minimum Gasteiger partial charge on any atom is -0.444 e. The molecule has 1 saturated heterocycles. The first-order valence-corrected chi connectivity index (χ1v) is 7.43. The van der Waals surface area contributed by atoms with Gasteiger partial charge in [0.15, 0.2) is 0 Å². The van der Waals surface area contributed by atoms with Gasteiger partial charge in [-0.1, -0.05) is 17.7 Å². The molecule has 1 fully saturated rings. The fourth-order valence-corrected chi connectivity index (χ4v) is 2.78. The van der Waals surface area contributed by atoms with E-state index in [1.165, 1.54) is 5.56 Å². The largest absolute Gasteiger partial charge is 0.444 e. The van der Waals surface area contributed by atoms with Gasteiger partial charge in [0.25, 0.3) is 0 Å². The average molecular weight is 284 g/mol. The summed E-state index contributed by atoms with van der Waals surface area (Å²) in [6.45, 7) is 4.66. The Labute approximate surface area is 124 Å². The summed E-state index contributed by atoms with van der Waals surface area (Å²) in [5.74, 6) is 0.830. The molecule has 1 aliphatic heterocycles. The predicted octanol–water partition coefficient (Wildman–Crippen LogP) is 3.06. The van der Waals surface area contributed by atoms with Crippen molar-refractivity contribution in [2.75, 3.05) is 13.1 Å². The zero-order valence-electron chi connectivity index (χ0n) is 12.3. The number of piperidine rings is 1. The van der Waals surface area contributed by atoms with Crippen LogP contribution in [-0.2, 0) is 11.3 Å². The molecule has 2 heterocycles. The summed E-state index contributed by atoms with van der Waals surface area (Å²) in [7, 11) is 0. The first kappa shape index (κ1) is 14.0. The molecule has 0 N–H and O–H groups in total. The van der Waals surface area contributed by atoms with E-state index in [1.54, 1.807) is 6.26 Å². The van der Waals surface area contributed by atoms with E-state index >= 15 is 0 Å².